The molecule has 31 heavy (non-hydrogen) atoms. The largest absolute Gasteiger partial charge is 0.383 e. The average Bonchev–Trinajstić information content (AvgIpc) is 3.34. The Kier molecular flexibility index (Phi) is 5.14. The maximum atomic E-state index is 13.1. The number of sulfonamides is 1. The van der Waals surface area contributed by atoms with Crippen LogP contribution in [0.3, 0.4) is 0 Å². The van der Waals surface area contributed by atoms with Crippen LogP contribution < -0.4 is 5.73 Å². The highest BCUT2D eigenvalue weighted by atomic mass is 35.5. The maximum Gasteiger partial charge on any atom is 0.253 e. The highest BCUT2D eigenvalue weighted by Crippen LogP contribution is 2.34. The minimum absolute atomic E-state index is 0.175. The number of hydrogen-bond acceptors (Lipinski definition) is 7. The lowest BCUT2D eigenvalue weighted by Gasteiger charge is -2.33. The Labute approximate surface area is 191 Å². The number of aromatic nitrogens is 1. The molecule has 0 unspecified atom stereocenters. The van der Waals surface area contributed by atoms with E-state index < -0.39 is 10.0 Å². The van der Waals surface area contributed by atoms with Crippen LogP contribution in [-0.4, -0.2) is 48.1 Å². The highest BCUT2D eigenvalue weighted by molar-refractivity contribution is 7.91. The van der Waals surface area contributed by atoms with Crippen molar-refractivity contribution in [3.8, 4) is 0 Å². The summed E-state index contributed by atoms with van der Waals surface area (Å²) in [6, 6.07) is 10.8. The van der Waals surface area contributed by atoms with Gasteiger partial charge in [-0.2, -0.15) is 4.31 Å². The Hall–Kier alpha value is -2.24. The number of thiophene rings is 2. The van der Waals surface area contributed by atoms with E-state index in [4.69, 9.17) is 17.3 Å². The molecular weight excluding hydrogens is 476 g/mol. The number of hydrogen-bond donors (Lipinski definition) is 1. The number of piperazine rings is 1. The summed E-state index contributed by atoms with van der Waals surface area (Å²) in [5.41, 5.74) is 5.93. The second-order valence-corrected chi connectivity index (χ2v) is 12.1. The van der Waals surface area contributed by atoms with Crippen molar-refractivity contribution in [2.24, 2.45) is 0 Å². The van der Waals surface area contributed by atoms with Crippen LogP contribution in [0.5, 0.6) is 0 Å². The predicted molar refractivity (Wildman–Crippen MR) is 125 cm³/mol. The van der Waals surface area contributed by atoms with Crippen molar-refractivity contribution < 1.29 is 13.2 Å². The lowest BCUT2D eigenvalue weighted by molar-refractivity contribution is -0.134. The van der Waals surface area contributed by atoms with Crippen LogP contribution in [0, 0.1) is 0 Å². The van der Waals surface area contributed by atoms with Gasteiger partial charge in [-0.3, -0.25) is 4.79 Å². The zero-order valence-corrected chi connectivity index (χ0v) is 19.3. The van der Waals surface area contributed by atoms with Crippen LogP contribution in [0.15, 0.2) is 46.8 Å². The van der Waals surface area contributed by atoms with E-state index in [-0.39, 0.29) is 23.2 Å². The van der Waals surface area contributed by atoms with Gasteiger partial charge in [0.2, 0.25) is 5.91 Å². The number of benzene rings is 1. The monoisotopic (exact) mass is 492 g/mol. The normalized spacial score (nSPS) is 15.9. The van der Waals surface area contributed by atoms with Gasteiger partial charge < -0.3 is 10.6 Å². The van der Waals surface area contributed by atoms with E-state index in [0.717, 1.165) is 25.0 Å². The van der Waals surface area contributed by atoms with E-state index in [9.17, 15) is 13.2 Å². The molecule has 1 amide bonds. The first-order valence-corrected chi connectivity index (χ1v) is 12.9. The standard InChI is InChI=1S/C20H17ClN4O3S3/c21-14-2-1-12-8-18(30-16(12)9-14)31(27,28)25-6-5-24(17(26)11-25)10-15-7-13-3-4-23-20(22)19(13)29-15/h1-4,7-9H,5-6,10-11H2,(H2,22,23). The van der Waals surface area contributed by atoms with Crippen molar-refractivity contribution in [1.29, 1.82) is 0 Å². The van der Waals surface area contributed by atoms with Crippen LogP contribution >= 0.6 is 34.3 Å². The van der Waals surface area contributed by atoms with Crippen molar-refractivity contribution >= 4 is 76.2 Å². The van der Waals surface area contributed by atoms with Crippen molar-refractivity contribution in [1.82, 2.24) is 14.2 Å². The first-order valence-electron chi connectivity index (χ1n) is 9.41. The highest BCUT2D eigenvalue weighted by Gasteiger charge is 2.34. The summed E-state index contributed by atoms with van der Waals surface area (Å²) >= 11 is 8.68. The Bertz CT molecular complexity index is 1430. The number of anilines is 1. The van der Waals surface area contributed by atoms with E-state index in [1.165, 1.54) is 27.0 Å². The molecule has 4 aromatic rings. The molecule has 0 aliphatic carbocycles. The molecule has 2 N–H and O–H groups in total. The van der Waals surface area contributed by atoms with Crippen LogP contribution in [0.4, 0.5) is 5.82 Å². The molecule has 5 rings (SSSR count). The van der Waals surface area contributed by atoms with Gasteiger partial charge in [-0.25, -0.2) is 13.4 Å². The van der Waals surface area contributed by atoms with Gasteiger partial charge in [-0.15, -0.1) is 22.7 Å². The van der Waals surface area contributed by atoms with E-state index >= 15 is 0 Å². The number of halogens is 1. The number of rotatable bonds is 4. The SMILES string of the molecule is Nc1nccc2cc(CN3CCN(S(=O)(=O)c4cc5ccc(Cl)cc5s4)CC3=O)sc12. The molecular formula is C20H17ClN4O3S3. The van der Waals surface area contributed by atoms with Crippen molar-refractivity contribution in [3.63, 3.8) is 0 Å². The van der Waals surface area contributed by atoms with Gasteiger partial charge >= 0.3 is 0 Å². The van der Waals surface area contributed by atoms with Crippen LogP contribution in [0.1, 0.15) is 4.88 Å². The Morgan fingerprint density at radius 2 is 1.94 bits per heavy atom. The molecule has 0 atom stereocenters. The van der Waals surface area contributed by atoms with E-state index in [2.05, 4.69) is 4.98 Å². The molecule has 0 bridgehead atoms. The maximum absolute atomic E-state index is 13.1. The molecule has 1 saturated heterocycles. The first-order chi connectivity index (χ1) is 14.8. The molecule has 11 heteroatoms. The third-order valence-corrected chi connectivity index (χ3v) is 9.98. The van der Waals surface area contributed by atoms with Gasteiger partial charge in [0, 0.05) is 33.9 Å². The Morgan fingerprint density at radius 1 is 1.10 bits per heavy atom. The summed E-state index contributed by atoms with van der Waals surface area (Å²) in [5.74, 6) is 0.253. The number of carbonyl (C=O) groups excluding carboxylic acids is 1. The van der Waals surface area contributed by atoms with Crippen LogP contribution in [-0.2, 0) is 21.4 Å². The third-order valence-electron chi connectivity index (χ3n) is 5.20. The molecule has 0 saturated carbocycles. The summed E-state index contributed by atoms with van der Waals surface area (Å²) < 4.78 is 29.4. The van der Waals surface area contributed by atoms with Gasteiger partial charge in [-0.1, -0.05) is 17.7 Å². The summed E-state index contributed by atoms with van der Waals surface area (Å²) in [6.07, 6.45) is 1.66. The number of nitrogens with two attached hydrogens (primary N) is 1. The molecule has 0 radical (unpaired) electrons. The molecule has 7 nitrogen and oxygen atoms in total. The number of fused-ring (bicyclic) bond motifs is 2. The molecule has 1 fully saturated rings. The minimum atomic E-state index is -3.75. The summed E-state index contributed by atoms with van der Waals surface area (Å²) in [6.45, 7) is 0.827. The summed E-state index contributed by atoms with van der Waals surface area (Å²) in [7, 11) is -3.75. The van der Waals surface area contributed by atoms with Crippen molar-refractivity contribution in [3.05, 3.63) is 52.5 Å². The van der Waals surface area contributed by atoms with Gasteiger partial charge in [0.1, 0.15) is 10.0 Å². The van der Waals surface area contributed by atoms with E-state index in [1.54, 1.807) is 35.4 Å². The second kappa shape index (κ2) is 7.72. The number of nitrogen functional groups attached to an aromatic ring is 1. The molecule has 4 heterocycles. The number of pyridine rings is 1. The quantitative estimate of drug-likeness (QED) is 0.467. The lowest BCUT2D eigenvalue weighted by Crippen LogP contribution is -2.51. The lowest BCUT2D eigenvalue weighted by atomic mass is 10.3. The number of amides is 1. The number of carbonyl (C=O) groups is 1. The third kappa shape index (κ3) is 3.79. The fourth-order valence-corrected chi connectivity index (χ4v) is 7.88. The fourth-order valence-electron chi connectivity index (χ4n) is 3.60. The molecule has 0 spiro atoms. The average molecular weight is 493 g/mol. The van der Waals surface area contributed by atoms with E-state index in [0.29, 0.717) is 23.9 Å². The molecule has 1 aliphatic heterocycles. The van der Waals surface area contributed by atoms with Crippen molar-refractivity contribution in [2.45, 2.75) is 10.8 Å². The van der Waals surface area contributed by atoms with Crippen LogP contribution in [0.25, 0.3) is 20.2 Å². The van der Waals surface area contributed by atoms with Gasteiger partial charge in [0.25, 0.3) is 10.0 Å². The van der Waals surface area contributed by atoms with Crippen LogP contribution in [0.2, 0.25) is 5.02 Å². The van der Waals surface area contributed by atoms with Crippen molar-refractivity contribution in [2.75, 3.05) is 25.4 Å². The first kappa shape index (κ1) is 20.7. The predicted octanol–water partition coefficient (Wildman–Crippen LogP) is 3.78. The summed E-state index contributed by atoms with van der Waals surface area (Å²) in [4.78, 5) is 19.5. The molecule has 1 aromatic carbocycles. The Morgan fingerprint density at radius 3 is 2.71 bits per heavy atom. The molecule has 1 aliphatic rings. The van der Waals surface area contributed by atoms with Gasteiger partial charge in [0.05, 0.1) is 17.8 Å². The molecule has 3 aromatic heterocycles. The molecule has 160 valence electrons. The zero-order valence-electron chi connectivity index (χ0n) is 16.1. The van der Waals surface area contributed by atoms with Gasteiger partial charge in [0.15, 0.2) is 0 Å². The summed E-state index contributed by atoms with van der Waals surface area (Å²) in [5, 5.41) is 2.36. The fraction of sp³-hybridized carbons (Fsp3) is 0.200. The minimum Gasteiger partial charge on any atom is -0.383 e. The van der Waals surface area contributed by atoms with E-state index in [1.807, 2.05) is 12.1 Å². The zero-order chi connectivity index (χ0) is 21.8. The second-order valence-electron chi connectivity index (χ2n) is 7.23. The topological polar surface area (TPSA) is 96.6 Å². The van der Waals surface area contributed by atoms with Gasteiger partial charge in [-0.05, 0) is 41.1 Å². The smallest absolute Gasteiger partial charge is 0.253 e. The Balaban J connectivity index is 1.33. The number of nitrogens with zero attached hydrogens (tertiary/aromatic N) is 3.